The summed E-state index contributed by atoms with van der Waals surface area (Å²) in [6.45, 7) is 0. The fourth-order valence-corrected chi connectivity index (χ4v) is 6.86. The Morgan fingerprint density at radius 3 is 1.94 bits per heavy atom. The molecule has 0 atom stereocenters. The molecule has 0 N–H and O–H groups in total. The minimum atomic E-state index is -0.950. The second-order valence-electron chi connectivity index (χ2n) is 11.1. The van der Waals surface area contributed by atoms with Gasteiger partial charge in [0.05, 0.1) is 54.3 Å². The molecule has 0 radical (unpaired) electrons. The number of nitrogens with zero attached hydrogens (tertiary/aromatic N) is 2. The Balaban J connectivity index is 1.36. The van der Waals surface area contributed by atoms with Crippen LogP contribution in [0.15, 0.2) is 174 Å². The van der Waals surface area contributed by atoms with Gasteiger partial charge in [-0.15, -0.1) is 11.3 Å². The van der Waals surface area contributed by atoms with Gasteiger partial charge in [0.25, 0.3) is 0 Å². The molecule has 3 heterocycles. The van der Waals surface area contributed by atoms with Crippen LogP contribution < -0.4 is 0 Å². The molecule has 0 unspecified atom stereocenters. The predicted molar refractivity (Wildman–Crippen MR) is 219 cm³/mol. The number of thiophene rings is 1. The first-order chi connectivity index (χ1) is 37.4. The number of hydrogen-bond acceptors (Lipinski definition) is 4. The second kappa shape index (κ2) is 11.5. The molecule has 8 aromatic carbocycles. The van der Waals surface area contributed by atoms with Crippen LogP contribution >= 0.6 is 11.3 Å². The van der Waals surface area contributed by atoms with Gasteiger partial charge in [-0.25, -0.2) is 9.97 Å². The van der Waals surface area contributed by atoms with Crippen LogP contribution in [0.2, 0.25) is 0 Å². The number of aromatic nitrogens is 2. The smallest absolute Gasteiger partial charge is 0.161 e. The zero-order chi connectivity index (χ0) is 58.5. The monoisotopic (exact) mass is 708 g/mol. The highest BCUT2D eigenvalue weighted by atomic mass is 32.1. The quantitative estimate of drug-likeness (QED) is 0.183. The Morgan fingerprint density at radius 1 is 0.462 bits per heavy atom. The predicted octanol–water partition coefficient (Wildman–Crippen LogP) is 13.7. The average Bonchev–Trinajstić information content (AvgIpc) is 4.02. The normalized spacial score (nSPS) is 19.4. The van der Waals surface area contributed by atoms with Crippen molar-refractivity contribution < 1.29 is 42.8 Å². The van der Waals surface area contributed by atoms with Gasteiger partial charge in [0, 0.05) is 32.0 Å². The van der Waals surface area contributed by atoms with Crippen LogP contribution in [-0.2, 0) is 0 Å². The molecule has 0 aliphatic rings. The summed E-state index contributed by atoms with van der Waals surface area (Å²) in [5.74, 6) is -0.756. The van der Waals surface area contributed by atoms with E-state index in [-0.39, 0.29) is 20.3 Å². The zero-order valence-electron chi connectivity index (χ0n) is 53.7. The van der Waals surface area contributed by atoms with E-state index >= 15 is 0 Å². The summed E-state index contributed by atoms with van der Waals surface area (Å²) in [4.78, 5) is 9.50. The van der Waals surface area contributed by atoms with Crippen LogP contribution in [0, 0.1) is 0 Å². The van der Waals surface area contributed by atoms with Gasteiger partial charge < -0.3 is 4.42 Å². The molecule has 4 heteroatoms. The molecular formula is C48H28N2OS. The second-order valence-corrected chi connectivity index (χ2v) is 12.2. The summed E-state index contributed by atoms with van der Waals surface area (Å²) in [6, 6.07) is -23.4. The van der Waals surface area contributed by atoms with Gasteiger partial charge in [-0.05, 0) is 86.1 Å². The third kappa shape index (κ3) is 4.65. The van der Waals surface area contributed by atoms with Gasteiger partial charge in [-0.3, -0.25) is 0 Å². The maximum atomic E-state index is 10.1. The van der Waals surface area contributed by atoms with Crippen molar-refractivity contribution in [3.63, 3.8) is 0 Å². The Morgan fingerprint density at radius 2 is 1.10 bits per heavy atom. The maximum Gasteiger partial charge on any atom is 0.161 e. The molecule has 3 nitrogen and oxygen atoms in total. The molecule has 0 saturated carbocycles. The van der Waals surface area contributed by atoms with Crippen molar-refractivity contribution in [2.45, 2.75) is 0 Å². The maximum absolute atomic E-state index is 10.1. The summed E-state index contributed by atoms with van der Waals surface area (Å²) >= 11 is 0.625. The molecular weight excluding hydrogens is 653 g/mol. The minimum absolute atomic E-state index is 0.183. The topological polar surface area (TPSA) is 38.9 Å². The van der Waals surface area contributed by atoms with Crippen LogP contribution in [-0.4, -0.2) is 9.97 Å². The van der Waals surface area contributed by atoms with Gasteiger partial charge in [0.1, 0.15) is 11.2 Å². The molecule has 0 aliphatic heterocycles. The van der Waals surface area contributed by atoms with Gasteiger partial charge in [-0.2, -0.15) is 0 Å². The third-order valence-electron chi connectivity index (χ3n) is 8.12. The van der Waals surface area contributed by atoms with Crippen LogP contribution in [0.1, 0.15) is 38.4 Å². The van der Waals surface area contributed by atoms with Gasteiger partial charge in [0.2, 0.25) is 0 Å². The number of benzene rings is 8. The van der Waals surface area contributed by atoms with Crippen molar-refractivity contribution in [3.05, 3.63) is 169 Å². The highest BCUT2D eigenvalue weighted by Crippen LogP contribution is 2.44. The molecule has 0 aliphatic carbocycles. The molecule has 11 rings (SSSR count). The molecule has 0 saturated heterocycles. The lowest BCUT2D eigenvalue weighted by Crippen LogP contribution is -1.95. The lowest BCUT2D eigenvalue weighted by molar-refractivity contribution is 0.669. The minimum Gasteiger partial charge on any atom is -0.456 e. The van der Waals surface area contributed by atoms with Crippen molar-refractivity contribution in [3.8, 4) is 44.9 Å². The van der Waals surface area contributed by atoms with Gasteiger partial charge >= 0.3 is 0 Å². The summed E-state index contributed by atoms with van der Waals surface area (Å²) < 4.78 is 256. The molecule has 242 valence electrons. The molecule has 0 bridgehead atoms. The molecule has 0 spiro atoms. The Hall–Kier alpha value is -6.62. The van der Waals surface area contributed by atoms with Gasteiger partial charge in [0.15, 0.2) is 5.82 Å². The lowest BCUT2D eigenvalue weighted by Gasteiger charge is -2.12. The van der Waals surface area contributed by atoms with Crippen LogP contribution in [0.4, 0.5) is 0 Å². The van der Waals surface area contributed by atoms with E-state index in [1.54, 1.807) is 0 Å². The Labute approximate surface area is 342 Å². The van der Waals surface area contributed by atoms with Crippen molar-refractivity contribution in [2.75, 3.05) is 0 Å². The highest BCUT2D eigenvalue weighted by molar-refractivity contribution is 7.26. The zero-order valence-corrected chi connectivity index (χ0v) is 26.5. The number of furan rings is 1. The van der Waals surface area contributed by atoms with Crippen molar-refractivity contribution in [2.24, 2.45) is 0 Å². The molecule has 3 aromatic heterocycles. The molecule has 0 fully saturated rings. The summed E-state index contributed by atoms with van der Waals surface area (Å²) in [6.07, 6.45) is 0. The van der Waals surface area contributed by atoms with E-state index in [2.05, 4.69) is 0 Å². The van der Waals surface area contributed by atoms with E-state index in [1.807, 2.05) is 0 Å². The number of rotatable bonds is 4. The fraction of sp³-hybridized carbons (Fsp3) is 0. The van der Waals surface area contributed by atoms with E-state index in [1.165, 1.54) is 0 Å². The summed E-state index contributed by atoms with van der Waals surface area (Å²) in [5.41, 5.74) is -6.44. The molecule has 11 aromatic rings. The fourth-order valence-electron chi connectivity index (χ4n) is 5.82. The van der Waals surface area contributed by atoms with Crippen molar-refractivity contribution in [1.29, 1.82) is 0 Å². The Kier molecular flexibility index (Phi) is 2.83. The first-order valence-corrected chi connectivity index (χ1v) is 16.0. The molecule has 52 heavy (non-hydrogen) atoms. The largest absolute Gasteiger partial charge is 0.456 e. The van der Waals surface area contributed by atoms with Crippen molar-refractivity contribution in [1.82, 2.24) is 9.97 Å². The van der Waals surface area contributed by atoms with Crippen molar-refractivity contribution >= 4 is 75.1 Å². The molecule has 0 amide bonds. The van der Waals surface area contributed by atoms with E-state index < -0.39 is 258 Å². The average molecular weight is 709 g/mol. The number of fused-ring (bicyclic) bond motifs is 8. The number of para-hydroxylation sites is 1. The van der Waals surface area contributed by atoms with Crippen LogP contribution in [0.3, 0.4) is 0 Å². The number of hydrogen-bond donors (Lipinski definition) is 0. The lowest BCUT2D eigenvalue weighted by atomic mass is 9.96. The Bertz CT molecular complexity index is 4790. The third-order valence-corrected chi connectivity index (χ3v) is 9.22. The first-order valence-electron chi connectivity index (χ1n) is 29.2. The standard InChI is InChI=1S/C48H28N2OS/c1-2-10-29(11-3-1)32-20-21-34-26-36(23-22-33(34)25-32)45-47-46(39-15-7-9-17-43(39)52-47)50-48(49-45)40-27-37(35-19-18-30-12-4-5-13-31(30)24-35)28-42-44(40)38-14-6-8-16-41(38)51-42/h1-28H/i1D,2D,3D,4D,5D,6D,7D,8D,9D,10D,11D,12D,13D,14D,15D,16D,17D,18D,19D,20D,21D,22D,23D,24D,25D,26D,27D,28D. The van der Waals surface area contributed by atoms with E-state index in [9.17, 15) is 12.3 Å². The van der Waals surface area contributed by atoms with E-state index in [0.717, 1.165) is 0 Å². The summed E-state index contributed by atoms with van der Waals surface area (Å²) in [7, 11) is 0. The van der Waals surface area contributed by atoms with E-state index in [4.69, 9.17) is 40.4 Å². The van der Waals surface area contributed by atoms with E-state index in [0.29, 0.717) is 11.3 Å². The van der Waals surface area contributed by atoms with Gasteiger partial charge in [-0.1, -0.05) is 127 Å². The first kappa shape index (κ1) is 12.9. The van der Waals surface area contributed by atoms with Crippen LogP contribution in [0.5, 0.6) is 0 Å². The highest BCUT2D eigenvalue weighted by Gasteiger charge is 2.21. The SMILES string of the molecule is [2H]c1c([2H])c([2H])c(-c2c([2H])c([2H])c3c([2H])c(-c4nc(-c5c([2H])c(-c6c([2H])c([2H])c7c([2H])c([2H])c([2H])c([2H])c7c6[2H])c([2H])c6oc7c([2H])c([2H])c([2H])c([2H])c7c56)nc5c4sc4c([2H])c([2H])c([2H])c([2H])c45)c([2H])c([2H])c3c2[2H])c([2H])c1[2H]. The summed E-state index contributed by atoms with van der Waals surface area (Å²) in [5, 5.41) is -3.73. The van der Waals surface area contributed by atoms with Crippen LogP contribution in [0.25, 0.3) is 109 Å².